The molecule has 1 rings (SSSR count). The van der Waals surface area contributed by atoms with Gasteiger partial charge in [0.05, 0.1) is 13.2 Å². The zero-order valence-electron chi connectivity index (χ0n) is 4.05. The largest absolute Gasteiger partial charge is 0.381 e. The molecule has 2 nitrogen and oxygen atoms in total. The van der Waals surface area contributed by atoms with Crippen LogP contribution in [0.25, 0.3) is 0 Å². The number of rotatable bonds is 1. The first-order valence-corrected chi connectivity index (χ1v) is 2.20. The van der Waals surface area contributed by atoms with E-state index >= 15 is 0 Å². The lowest BCUT2D eigenvalue weighted by molar-refractivity contribution is -0.146. The topological polar surface area (TPSA) is 29.5 Å². The van der Waals surface area contributed by atoms with Gasteiger partial charge in [-0.15, -0.1) is 6.58 Å². The maximum atomic E-state index is 8.98. The molecule has 1 aliphatic heterocycles. The smallest absolute Gasteiger partial charge is 0.129 e. The lowest BCUT2D eigenvalue weighted by atomic mass is 10.0. The molecule has 0 unspecified atom stereocenters. The van der Waals surface area contributed by atoms with Gasteiger partial charge in [0.1, 0.15) is 5.60 Å². The molecule has 1 fully saturated rings. The monoisotopic (exact) mass is 100 g/mol. The van der Waals surface area contributed by atoms with E-state index in [1.165, 1.54) is 6.08 Å². The standard InChI is InChI=1S/C5H8O2/c1-2-5(6)3-7-4-5/h2,6H,1,3-4H2. The Morgan fingerprint density at radius 3 is 2.29 bits per heavy atom. The van der Waals surface area contributed by atoms with Crippen molar-refractivity contribution in [2.24, 2.45) is 0 Å². The van der Waals surface area contributed by atoms with Crippen LogP contribution in [0.1, 0.15) is 0 Å². The maximum absolute atomic E-state index is 8.98. The molecule has 1 N–H and O–H groups in total. The van der Waals surface area contributed by atoms with Gasteiger partial charge in [-0.2, -0.15) is 0 Å². The Balaban J connectivity index is 2.43. The van der Waals surface area contributed by atoms with E-state index in [0.29, 0.717) is 13.2 Å². The van der Waals surface area contributed by atoms with E-state index in [1.807, 2.05) is 0 Å². The van der Waals surface area contributed by atoms with E-state index in [9.17, 15) is 0 Å². The molecule has 40 valence electrons. The number of ether oxygens (including phenoxy) is 1. The average Bonchev–Trinajstić information content (AvgIpc) is 1.61. The van der Waals surface area contributed by atoms with Crippen LogP contribution in [-0.4, -0.2) is 23.9 Å². The van der Waals surface area contributed by atoms with Crippen molar-refractivity contribution in [2.45, 2.75) is 5.60 Å². The highest BCUT2D eigenvalue weighted by molar-refractivity contribution is 5.00. The molecule has 0 amide bonds. The molecule has 0 aromatic heterocycles. The number of aliphatic hydroxyl groups is 1. The molecule has 0 spiro atoms. The quantitative estimate of drug-likeness (QED) is 0.467. The average molecular weight is 100 g/mol. The summed E-state index contributed by atoms with van der Waals surface area (Å²) in [5.41, 5.74) is -0.694. The van der Waals surface area contributed by atoms with Crippen molar-refractivity contribution in [1.29, 1.82) is 0 Å². The molecule has 0 aromatic rings. The Hall–Kier alpha value is -0.340. The minimum Gasteiger partial charge on any atom is -0.381 e. The highest BCUT2D eigenvalue weighted by atomic mass is 16.5. The summed E-state index contributed by atoms with van der Waals surface area (Å²) in [5.74, 6) is 0. The number of hydrogen-bond donors (Lipinski definition) is 1. The van der Waals surface area contributed by atoms with Crippen molar-refractivity contribution in [3.05, 3.63) is 12.7 Å². The Labute approximate surface area is 42.4 Å². The van der Waals surface area contributed by atoms with Crippen LogP contribution < -0.4 is 0 Å². The van der Waals surface area contributed by atoms with Gasteiger partial charge in [-0.25, -0.2) is 0 Å². The van der Waals surface area contributed by atoms with Crippen molar-refractivity contribution >= 4 is 0 Å². The summed E-state index contributed by atoms with van der Waals surface area (Å²) in [4.78, 5) is 0. The third-order valence-corrected chi connectivity index (χ3v) is 1.08. The minimum absolute atomic E-state index is 0.413. The molecule has 0 atom stereocenters. The lowest BCUT2D eigenvalue weighted by Gasteiger charge is -2.32. The van der Waals surface area contributed by atoms with Crippen molar-refractivity contribution < 1.29 is 9.84 Å². The zero-order chi connectivity index (χ0) is 5.33. The summed E-state index contributed by atoms with van der Waals surface area (Å²) in [6.45, 7) is 4.25. The molecule has 1 aliphatic rings. The second kappa shape index (κ2) is 1.32. The Morgan fingerprint density at radius 2 is 2.29 bits per heavy atom. The lowest BCUT2D eigenvalue weighted by Crippen LogP contribution is -2.47. The first-order valence-electron chi connectivity index (χ1n) is 2.20. The molecule has 0 aromatic carbocycles. The molecule has 2 heteroatoms. The summed E-state index contributed by atoms with van der Waals surface area (Å²) in [5, 5.41) is 8.98. The van der Waals surface area contributed by atoms with E-state index in [-0.39, 0.29) is 0 Å². The van der Waals surface area contributed by atoms with Crippen LogP contribution in [0.4, 0.5) is 0 Å². The molecule has 0 saturated carbocycles. The maximum Gasteiger partial charge on any atom is 0.129 e. The van der Waals surface area contributed by atoms with E-state index in [2.05, 4.69) is 6.58 Å². The third-order valence-electron chi connectivity index (χ3n) is 1.08. The first kappa shape index (κ1) is 4.81. The van der Waals surface area contributed by atoms with Crippen LogP contribution in [0.15, 0.2) is 12.7 Å². The minimum atomic E-state index is -0.694. The van der Waals surface area contributed by atoms with Crippen molar-refractivity contribution in [3.63, 3.8) is 0 Å². The summed E-state index contributed by atoms with van der Waals surface area (Å²) >= 11 is 0. The van der Waals surface area contributed by atoms with Gasteiger partial charge in [-0.1, -0.05) is 6.08 Å². The second-order valence-corrected chi connectivity index (χ2v) is 1.80. The molecular weight excluding hydrogens is 92.1 g/mol. The highest BCUT2D eigenvalue weighted by Crippen LogP contribution is 2.15. The van der Waals surface area contributed by atoms with Gasteiger partial charge in [0.2, 0.25) is 0 Å². The van der Waals surface area contributed by atoms with E-state index < -0.39 is 5.60 Å². The predicted molar refractivity (Wildman–Crippen MR) is 26.0 cm³/mol. The second-order valence-electron chi connectivity index (χ2n) is 1.80. The summed E-state index contributed by atoms with van der Waals surface area (Å²) in [6.07, 6.45) is 1.51. The third kappa shape index (κ3) is 0.667. The van der Waals surface area contributed by atoms with Gasteiger partial charge in [-0.3, -0.25) is 0 Å². The van der Waals surface area contributed by atoms with Gasteiger partial charge in [0.15, 0.2) is 0 Å². The number of hydrogen-bond acceptors (Lipinski definition) is 2. The van der Waals surface area contributed by atoms with Crippen molar-refractivity contribution in [3.8, 4) is 0 Å². The van der Waals surface area contributed by atoms with E-state index in [4.69, 9.17) is 9.84 Å². The fraction of sp³-hybridized carbons (Fsp3) is 0.600. The molecule has 7 heavy (non-hydrogen) atoms. The Bertz CT molecular complexity index is 84.1. The molecule has 1 heterocycles. The Kier molecular flexibility index (Phi) is 0.905. The normalized spacial score (nSPS) is 25.9. The van der Waals surface area contributed by atoms with Gasteiger partial charge in [-0.05, 0) is 0 Å². The van der Waals surface area contributed by atoms with Crippen LogP contribution in [0.5, 0.6) is 0 Å². The van der Waals surface area contributed by atoms with Crippen LogP contribution >= 0.6 is 0 Å². The SMILES string of the molecule is C=CC1(O)COC1. The fourth-order valence-electron chi connectivity index (χ4n) is 0.429. The van der Waals surface area contributed by atoms with Crippen LogP contribution in [0, 0.1) is 0 Å². The van der Waals surface area contributed by atoms with Crippen molar-refractivity contribution in [1.82, 2.24) is 0 Å². The van der Waals surface area contributed by atoms with Crippen LogP contribution in [0.3, 0.4) is 0 Å². The fourth-order valence-corrected chi connectivity index (χ4v) is 0.429. The van der Waals surface area contributed by atoms with Gasteiger partial charge >= 0.3 is 0 Å². The van der Waals surface area contributed by atoms with Crippen LogP contribution in [0.2, 0.25) is 0 Å². The van der Waals surface area contributed by atoms with Crippen LogP contribution in [-0.2, 0) is 4.74 Å². The summed E-state index contributed by atoms with van der Waals surface area (Å²) < 4.78 is 4.71. The molecule has 1 saturated heterocycles. The van der Waals surface area contributed by atoms with Gasteiger partial charge in [0.25, 0.3) is 0 Å². The molecule has 0 aliphatic carbocycles. The Morgan fingerprint density at radius 1 is 1.71 bits per heavy atom. The van der Waals surface area contributed by atoms with Gasteiger partial charge in [0, 0.05) is 0 Å². The summed E-state index contributed by atoms with van der Waals surface area (Å²) in [6, 6.07) is 0. The summed E-state index contributed by atoms with van der Waals surface area (Å²) in [7, 11) is 0. The van der Waals surface area contributed by atoms with Gasteiger partial charge < -0.3 is 9.84 Å². The first-order chi connectivity index (χ1) is 3.27. The molecule has 0 bridgehead atoms. The molecular formula is C5H8O2. The van der Waals surface area contributed by atoms with E-state index in [0.717, 1.165) is 0 Å². The van der Waals surface area contributed by atoms with E-state index in [1.54, 1.807) is 0 Å². The molecule has 0 radical (unpaired) electrons. The predicted octanol–water partition coefficient (Wildman–Crippen LogP) is -0.0663. The highest BCUT2D eigenvalue weighted by Gasteiger charge is 2.31. The van der Waals surface area contributed by atoms with Crippen molar-refractivity contribution in [2.75, 3.05) is 13.2 Å². The zero-order valence-corrected chi connectivity index (χ0v) is 4.05.